The van der Waals surface area contributed by atoms with Gasteiger partial charge in [-0.05, 0) is 32.2 Å². The van der Waals surface area contributed by atoms with Gasteiger partial charge in [0.25, 0.3) is 0 Å². The second kappa shape index (κ2) is 5.21. The molecule has 112 valence electrons. The van der Waals surface area contributed by atoms with Crippen molar-refractivity contribution >= 4 is 18.0 Å². The summed E-state index contributed by atoms with van der Waals surface area (Å²) in [5, 5.41) is 11.0. The van der Waals surface area contributed by atoms with Crippen LogP contribution in [-0.2, 0) is 0 Å². The first-order valence-corrected chi connectivity index (χ1v) is 7.28. The minimum absolute atomic E-state index is 0.140. The van der Waals surface area contributed by atoms with Crippen LogP contribution in [0.3, 0.4) is 0 Å². The Balaban J connectivity index is 1.96. The second-order valence-electron chi connectivity index (χ2n) is 5.43. The summed E-state index contributed by atoms with van der Waals surface area (Å²) in [6.07, 6.45) is 7.18. The molecule has 2 aromatic carbocycles. The first kappa shape index (κ1) is 13.5. The molecule has 0 unspecified atom stereocenters. The number of hydrogen-bond acceptors (Lipinski definition) is 3. The van der Waals surface area contributed by atoms with Crippen molar-refractivity contribution in [3.63, 3.8) is 0 Å². The van der Waals surface area contributed by atoms with Gasteiger partial charge in [0, 0.05) is 0 Å². The van der Waals surface area contributed by atoms with Crippen LogP contribution in [0.15, 0.2) is 61.1 Å². The third kappa shape index (κ3) is 2.23. The Labute approximate surface area is 132 Å². The van der Waals surface area contributed by atoms with E-state index in [9.17, 15) is 10.1 Å². The topological polar surface area (TPSA) is 61.0 Å². The lowest BCUT2D eigenvalue weighted by Gasteiger charge is -2.20. The fraction of sp³-hybridized carbons (Fsp3) is 0.0556. The highest BCUT2D eigenvalue weighted by Gasteiger charge is 2.25. The molecule has 4 rings (SSSR count). The van der Waals surface area contributed by atoms with Crippen molar-refractivity contribution < 1.29 is 4.92 Å². The van der Waals surface area contributed by atoms with Gasteiger partial charge >= 0.3 is 5.82 Å². The Morgan fingerprint density at radius 3 is 2.04 bits per heavy atom. The monoisotopic (exact) mass is 303 g/mol. The molecule has 1 aliphatic rings. The predicted molar refractivity (Wildman–Crippen MR) is 87.9 cm³/mol. The maximum absolute atomic E-state index is 11.0. The van der Waals surface area contributed by atoms with Crippen LogP contribution in [0, 0.1) is 10.1 Å². The number of rotatable bonds is 2. The number of nitro groups is 1. The molecule has 1 aromatic heterocycles. The molecule has 0 N–H and O–H groups in total. The van der Waals surface area contributed by atoms with Crippen molar-refractivity contribution in [2.75, 3.05) is 0 Å². The number of imidazole rings is 1. The van der Waals surface area contributed by atoms with E-state index in [0.717, 1.165) is 22.3 Å². The van der Waals surface area contributed by atoms with Crippen molar-refractivity contribution in [3.8, 4) is 0 Å². The highest BCUT2D eigenvalue weighted by molar-refractivity contribution is 5.76. The first-order chi connectivity index (χ1) is 11.2. The molecule has 0 radical (unpaired) electrons. The summed E-state index contributed by atoms with van der Waals surface area (Å²) in [7, 11) is 0. The number of aromatic nitrogens is 2. The molecular formula is C18H13N3O2. The number of benzene rings is 2. The summed E-state index contributed by atoms with van der Waals surface area (Å²) in [4.78, 5) is 14.4. The van der Waals surface area contributed by atoms with Crippen LogP contribution in [0.1, 0.15) is 28.3 Å². The normalized spacial score (nSPS) is 13.2. The van der Waals surface area contributed by atoms with Gasteiger partial charge in [-0.25, -0.2) is 0 Å². The fourth-order valence-corrected chi connectivity index (χ4v) is 3.05. The molecule has 5 heteroatoms. The Hall–Kier alpha value is -3.21. The van der Waals surface area contributed by atoms with Crippen molar-refractivity contribution in [2.45, 2.75) is 6.04 Å². The lowest BCUT2D eigenvalue weighted by Crippen LogP contribution is -2.12. The number of nitrogens with zero attached hydrogens (tertiary/aromatic N) is 3. The van der Waals surface area contributed by atoms with Gasteiger partial charge in [0.15, 0.2) is 0 Å². The van der Waals surface area contributed by atoms with E-state index in [4.69, 9.17) is 0 Å². The number of hydrogen-bond donors (Lipinski definition) is 0. The average Bonchev–Trinajstić information content (AvgIpc) is 2.99. The van der Waals surface area contributed by atoms with Crippen molar-refractivity contribution in [1.29, 1.82) is 0 Å². The first-order valence-electron chi connectivity index (χ1n) is 7.28. The summed E-state index contributed by atoms with van der Waals surface area (Å²) < 4.78 is 1.81. The largest absolute Gasteiger partial charge is 0.381 e. The molecule has 0 fully saturated rings. The summed E-state index contributed by atoms with van der Waals surface area (Å²) in [6.45, 7) is 0. The molecule has 0 saturated carbocycles. The Bertz CT molecular complexity index is 878. The van der Waals surface area contributed by atoms with E-state index >= 15 is 0 Å². The van der Waals surface area contributed by atoms with E-state index in [1.54, 1.807) is 0 Å². The highest BCUT2D eigenvalue weighted by Crippen LogP contribution is 2.35. The standard InChI is InChI=1S/C18H13N3O2/c22-21(23)17-11-20(12-19-17)18-15-7-3-1-5-13(15)9-10-14-6-2-4-8-16(14)18/h1-12,18H. The SMILES string of the molecule is O=[N+]([O-])c1cn(C2c3ccccc3C=Cc3ccccc32)cn1. The zero-order chi connectivity index (χ0) is 15.8. The van der Waals surface area contributed by atoms with Gasteiger partial charge in [-0.15, -0.1) is 0 Å². The molecule has 0 spiro atoms. The Morgan fingerprint density at radius 1 is 0.957 bits per heavy atom. The van der Waals surface area contributed by atoms with Gasteiger partial charge in [0.2, 0.25) is 6.33 Å². The molecule has 23 heavy (non-hydrogen) atoms. The van der Waals surface area contributed by atoms with Crippen molar-refractivity contribution in [1.82, 2.24) is 9.55 Å². The molecule has 0 aliphatic heterocycles. The summed E-state index contributed by atoms with van der Waals surface area (Å²) >= 11 is 0. The van der Waals surface area contributed by atoms with Crippen LogP contribution in [0.2, 0.25) is 0 Å². The predicted octanol–water partition coefficient (Wildman–Crippen LogP) is 3.91. The average molecular weight is 303 g/mol. The fourth-order valence-electron chi connectivity index (χ4n) is 3.05. The van der Waals surface area contributed by atoms with Crippen LogP contribution >= 0.6 is 0 Å². The van der Waals surface area contributed by atoms with Crippen molar-refractivity contribution in [3.05, 3.63) is 93.4 Å². The maximum atomic E-state index is 11.0. The third-order valence-electron chi connectivity index (χ3n) is 4.10. The van der Waals surface area contributed by atoms with E-state index in [0.29, 0.717) is 0 Å². The van der Waals surface area contributed by atoms with E-state index < -0.39 is 4.92 Å². The van der Waals surface area contributed by atoms with Crippen LogP contribution in [0.5, 0.6) is 0 Å². The van der Waals surface area contributed by atoms with Crippen molar-refractivity contribution in [2.24, 2.45) is 0 Å². The van der Waals surface area contributed by atoms with Crippen LogP contribution < -0.4 is 0 Å². The number of fused-ring (bicyclic) bond motifs is 2. The highest BCUT2D eigenvalue weighted by atomic mass is 16.6. The third-order valence-corrected chi connectivity index (χ3v) is 4.10. The summed E-state index contributed by atoms with van der Waals surface area (Å²) in [5.41, 5.74) is 4.40. The minimum atomic E-state index is -0.469. The molecule has 0 amide bonds. The Kier molecular flexibility index (Phi) is 3.05. The maximum Gasteiger partial charge on any atom is 0.381 e. The lowest BCUT2D eigenvalue weighted by molar-refractivity contribution is -0.389. The summed E-state index contributed by atoms with van der Waals surface area (Å²) in [6, 6.07) is 16.0. The van der Waals surface area contributed by atoms with Crippen LogP contribution in [0.4, 0.5) is 5.82 Å². The molecular weight excluding hydrogens is 290 g/mol. The lowest BCUT2D eigenvalue weighted by atomic mass is 9.94. The van der Waals surface area contributed by atoms with E-state index in [-0.39, 0.29) is 11.9 Å². The van der Waals surface area contributed by atoms with Gasteiger partial charge in [-0.1, -0.05) is 60.7 Å². The molecule has 1 aliphatic carbocycles. The molecule has 0 bridgehead atoms. The van der Waals surface area contributed by atoms with Gasteiger partial charge in [-0.3, -0.25) is 4.57 Å². The van der Waals surface area contributed by atoms with E-state index in [1.807, 2.05) is 28.8 Å². The molecule has 0 atom stereocenters. The van der Waals surface area contributed by atoms with E-state index in [1.165, 1.54) is 12.5 Å². The Morgan fingerprint density at radius 2 is 1.52 bits per heavy atom. The zero-order valence-electron chi connectivity index (χ0n) is 12.2. The van der Waals surface area contributed by atoms with Crippen LogP contribution in [-0.4, -0.2) is 14.5 Å². The summed E-state index contributed by atoms with van der Waals surface area (Å²) in [5.74, 6) is -0.142. The molecule has 0 saturated heterocycles. The van der Waals surface area contributed by atoms with Gasteiger partial charge in [-0.2, -0.15) is 0 Å². The van der Waals surface area contributed by atoms with Gasteiger partial charge < -0.3 is 10.1 Å². The smallest absolute Gasteiger partial charge is 0.358 e. The zero-order valence-corrected chi connectivity index (χ0v) is 12.2. The molecule has 3 aromatic rings. The van der Waals surface area contributed by atoms with Crippen LogP contribution in [0.25, 0.3) is 12.2 Å². The minimum Gasteiger partial charge on any atom is -0.358 e. The molecule has 1 heterocycles. The second-order valence-corrected chi connectivity index (χ2v) is 5.43. The van der Waals surface area contributed by atoms with Gasteiger partial charge in [0.05, 0.1) is 6.04 Å². The molecule has 5 nitrogen and oxygen atoms in total. The van der Waals surface area contributed by atoms with E-state index in [2.05, 4.69) is 41.4 Å². The quantitative estimate of drug-likeness (QED) is 0.416. The van der Waals surface area contributed by atoms with Gasteiger partial charge in [0.1, 0.15) is 6.20 Å².